The van der Waals surface area contributed by atoms with Crippen LogP contribution in [0.4, 0.5) is 10.5 Å². The number of nitrogens with zero attached hydrogens (tertiary/aromatic N) is 3. The van der Waals surface area contributed by atoms with E-state index in [1.165, 1.54) is 0 Å². The fourth-order valence-electron chi connectivity index (χ4n) is 4.96. The molecule has 0 radical (unpaired) electrons. The highest BCUT2D eigenvalue weighted by Crippen LogP contribution is 2.27. The standard InChI is InChI=1S/C24H33N5O5/c25-24(33)34-19-7-11-29(12-8-19)22(31)9-10-27-13-15-28(16-14-27)18-3-1-17(2-4-18)20-5-6-21(30)26-23(20)32/h1-4,19-20H,5-16H2,(H2,25,33)(H,26,30,32). The highest BCUT2D eigenvalue weighted by Gasteiger charge is 2.28. The first-order valence-electron chi connectivity index (χ1n) is 12.0. The van der Waals surface area contributed by atoms with Crippen LogP contribution in [0.3, 0.4) is 0 Å². The van der Waals surface area contributed by atoms with Gasteiger partial charge in [-0.3, -0.25) is 24.6 Å². The molecule has 4 rings (SSSR count). The summed E-state index contributed by atoms with van der Waals surface area (Å²) in [6, 6.07) is 8.06. The molecule has 0 aromatic heterocycles. The molecule has 184 valence electrons. The number of ether oxygens (including phenoxy) is 1. The largest absolute Gasteiger partial charge is 0.446 e. The molecule has 3 N–H and O–H groups in total. The van der Waals surface area contributed by atoms with Crippen LogP contribution in [0, 0.1) is 0 Å². The average Bonchev–Trinajstić information content (AvgIpc) is 2.83. The number of nitrogens with two attached hydrogens (primary N) is 1. The van der Waals surface area contributed by atoms with Gasteiger partial charge in [0.2, 0.25) is 17.7 Å². The van der Waals surface area contributed by atoms with Gasteiger partial charge < -0.3 is 20.3 Å². The number of hydrogen-bond acceptors (Lipinski definition) is 7. The molecule has 3 aliphatic rings. The topological polar surface area (TPSA) is 125 Å². The minimum absolute atomic E-state index is 0.143. The zero-order valence-corrected chi connectivity index (χ0v) is 19.4. The molecule has 3 fully saturated rings. The average molecular weight is 472 g/mol. The number of rotatable bonds is 6. The molecule has 3 saturated heterocycles. The first kappa shape index (κ1) is 24.0. The Labute approximate surface area is 199 Å². The third kappa shape index (κ3) is 6.05. The quantitative estimate of drug-likeness (QED) is 0.588. The summed E-state index contributed by atoms with van der Waals surface area (Å²) in [7, 11) is 0. The van der Waals surface area contributed by atoms with Crippen LogP contribution in [0.15, 0.2) is 24.3 Å². The van der Waals surface area contributed by atoms with Gasteiger partial charge in [-0.2, -0.15) is 0 Å². The smallest absolute Gasteiger partial charge is 0.404 e. The van der Waals surface area contributed by atoms with Crippen LogP contribution in [0.1, 0.15) is 43.6 Å². The van der Waals surface area contributed by atoms with E-state index in [9.17, 15) is 19.2 Å². The molecule has 0 spiro atoms. The van der Waals surface area contributed by atoms with Crippen LogP contribution < -0.4 is 16.0 Å². The Morgan fingerprint density at radius 2 is 1.65 bits per heavy atom. The Hall–Kier alpha value is -3.14. The zero-order valence-electron chi connectivity index (χ0n) is 19.4. The van der Waals surface area contributed by atoms with Crippen LogP contribution in [0.25, 0.3) is 0 Å². The maximum atomic E-state index is 12.6. The van der Waals surface area contributed by atoms with Crippen LogP contribution in [-0.4, -0.2) is 85.5 Å². The number of hydrogen-bond donors (Lipinski definition) is 2. The van der Waals surface area contributed by atoms with Crippen molar-refractivity contribution in [3.05, 3.63) is 29.8 Å². The Balaban J connectivity index is 1.18. The number of piperidine rings is 2. The van der Waals surface area contributed by atoms with Gasteiger partial charge in [0, 0.05) is 77.2 Å². The molecular weight excluding hydrogens is 438 g/mol. The molecule has 3 aliphatic heterocycles. The minimum atomic E-state index is -0.755. The van der Waals surface area contributed by atoms with Gasteiger partial charge in [-0.15, -0.1) is 0 Å². The van der Waals surface area contributed by atoms with Crippen molar-refractivity contribution >= 4 is 29.5 Å². The summed E-state index contributed by atoms with van der Waals surface area (Å²) in [5.74, 6) is -0.529. The summed E-state index contributed by atoms with van der Waals surface area (Å²) in [5.41, 5.74) is 7.13. The summed E-state index contributed by atoms with van der Waals surface area (Å²) < 4.78 is 5.02. The van der Waals surface area contributed by atoms with Crippen molar-refractivity contribution in [2.75, 3.05) is 50.7 Å². The van der Waals surface area contributed by atoms with E-state index >= 15 is 0 Å². The first-order valence-corrected chi connectivity index (χ1v) is 12.0. The molecule has 0 bridgehead atoms. The number of carbonyl (C=O) groups excluding carboxylic acids is 4. The van der Waals surface area contributed by atoms with Gasteiger partial charge in [-0.1, -0.05) is 12.1 Å². The lowest BCUT2D eigenvalue weighted by Gasteiger charge is -2.37. The Morgan fingerprint density at radius 1 is 0.971 bits per heavy atom. The molecule has 0 aliphatic carbocycles. The van der Waals surface area contributed by atoms with Gasteiger partial charge in [0.25, 0.3) is 0 Å². The summed E-state index contributed by atoms with van der Waals surface area (Å²) in [4.78, 5) is 53.4. The van der Waals surface area contributed by atoms with Gasteiger partial charge in [0.1, 0.15) is 6.10 Å². The number of carbonyl (C=O) groups is 4. The Bertz CT molecular complexity index is 905. The monoisotopic (exact) mass is 471 g/mol. The molecule has 3 heterocycles. The number of primary amides is 1. The van der Waals surface area contributed by atoms with Gasteiger partial charge >= 0.3 is 6.09 Å². The second-order valence-electron chi connectivity index (χ2n) is 9.19. The minimum Gasteiger partial charge on any atom is -0.446 e. The molecule has 10 heteroatoms. The molecule has 4 amide bonds. The van der Waals surface area contributed by atoms with Crippen molar-refractivity contribution < 1.29 is 23.9 Å². The molecule has 34 heavy (non-hydrogen) atoms. The lowest BCUT2D eigenvalue weighted by Crippen LogP contribution is -2.48. The molecule has 1 unspecified atom stereocenters. The number of nitrogens with one attached hydrogen (secondary N) is 1. The van der Waals surface area contributed by atoms with Crippen LogP contribution in [0.5, 0.6) is 0 Å². The summed E-state index contributed by atoms with van der Waals surface area (Å²) >= 11 is 0. The lowest BCUT2D eigenvalue weighted by molar-refractivity contribution is -0.135. The predicted molar refractivity (Wildman–Crippen MR) is 125 cm³/mol. The lowest BCUT2D eigenvalue weighted by atomic mass is 9.90. The van der Waals surface area contributed by atoms with E-state index in [4.69, 9.17) is 10.5 Å². The molecular formula is C24H33N5O5. The number of benzene rings is 1. The highest BCUT2D eigenvalue weighted by molar-refractivity contribution is 6.00. The van der Waals surface area contributed by atoms with E-state index in [1.54, 1.807) is 0 Å². The molecule has 1 aromatic rings. The van der Waals surface area contributed by atoms with E-state index in [-0.39, 0.29) is 29.7 Å². The normalized spacial score (nSPS) is 22.4. The second-order valence-corrected chi connectivity index (χ2v) is 9.19. The SMILES string of the molecule is NC(=O)OC1CCN(C(=O)CCN2CCN(c3ccc(C4CCC(=O)NC4=O)cc3)CC2)CC1. The predicted octanol–water partition coefficient (Wildman–Crippen LogP) is 0.805. The summed E-state index contributed by atoms with van der Waals surface area (Å²) in [6.45, 7) is 5.45. The molecule has 0 saturated carbocycles. The van der Waals surface area contributed by atoms with E-state index in [0.29, 0.717) is 45.2 Å². The van der Waals surface area contributed by atoms with E-state index in [0.717, 1.165) is 44.0 Å². The number of anilines is 1. The fraction of sp³-hybridized carbons (Fsp3) is 0.583. The van der Waals surface area contributed by atoms with Crippen molar-refractivity contribution in [1.82, 2.24) is 15.1 Å². The molecule has 1 aromatic carbocycles. The van der Waals surface area contributed by atoms with Crippen LogP contribution >= 0.6 is 0 Å². The first-order chi connectivity index (χ1) is 16.4. The van der Waals surface area contributed by atoms with Gasteiger partial charge in [-0.05, 0) is 24.1 Å². The third-order valence-corrected chi connectivity index (χ3v) is 6.99. The van der Waals surface area contributed by atoms with Crippen molar-refractivity contribution in [1.29, 1.82) is 0 Å². The van der Waals surface area contributed by atoms with Gasteiger partial charge in [0.05, 0.1) is 5.92 Å². The van der Waals surface area contributed by atoms with Crippen molar-refractivity contribution in [3.8, 4) is 0 Å². The summed E-state index contributed by atoms with van der Waals surface area (Å²) in [5, 5.41) is 2.42. The van der Waals surface area contributed by atoms with Crippen molar-refractivity contribution in [2.45, 2.75) is 44.1 Å². The number of imide groups is 1. The van der Waals surface area contributed by atoms with Crippen molar-refractivity contribution in [3.63, 3.8) is 0 Å². The van der Waals surface area contributed by atoms with Crippen LogP contribution in [-0.2, 0) is 19.1 Å². The van der Waals surface area contributed by atoms with E-state index in [2.05, 4.69) is 15.1 Å². The number of likely N-dealkylation sites (tertiary alicyclic amines) is 1. The molecule has 1 atom stereocenters. The highest BCUT2D eigenvalue weighted by atomic mass is 16.6. The van der Waals surface area contributed by atoms with E-state index < -0.39 is 6.09 Å². The van der Waals surface area contributed by atoms with E-state index in [1.807, 2.05) is 29.2 Å². The molecule has 10 nitrogen and oxygen atoms in total. The van der Waals surface area contributed by atoms with Gasteiger partial charge in [0.15, 0.2) is 0 Å². The second kappa shape index (κ2) is 10.9. The summed E-state index contributed by atoms with van der Waals surface area (Å²) in [6.07, 6.45) is 1.75. The zero-order chi connectivity index (χ0) is 24.1. The maximum absolute atomic E-state index is 12.6. The Kier molecular flexibility index (Phi) is 7.66. The van der Waals surface area contributed by atoms with Crippen LogP contribution in [0.2, 0.25) is 0 Å². The third-order valence-electron chi connectivity index (χ3n) is 6.99. The van der Waals surface area contributed by atoms with Gasteiger partial charge in [-0.25, -0.2) is 4.79 Å². The fourth-order valence-corrected chi connectivity index (χ4v) is 4.96. The number of amides is 4. The Morgan fingerprint density at radius 3 is 2.26 bits per heavy atom. The number of piperazine rings is 1. The van der Waals surface area contributed by atoms with Crippen molar-refractivity contribution in [2.24, 2.45) is 5.73 Å². The maximum Gasteiger partial charge on any atom is 0.404 e.